The normalized spacial score (nSPS) is 11.3. The van der Waals surface area contributed by atoms with Gasteiger partial charge < -0.3 is 14.8 Å². The van der Waals surface area contributed by atoms with Crippen LogP contribution < -0.4 is 10.1 Å². The molecule has 5 nitrogen and oxygen atoms in total. The molecule has 0 saturated carbocycles. The Morgan fingerprint density at radius 2 is 1.96 bits per heavy atom. The van der Waals surface area contributed by atoms with Crippen LogP contribution in [0.3, 0.4) is 0 Å². The average molecular weight is 320 g/mol. The third-order valence-corrected chi connectivity index (χ3v) is 3.14. The van der Waals surface area contributed by atoms with Gasteiger partial charge in [-0.1, -0.05) is 0 Å². The maximum atomic E-state index is 14.1. The number of benzene rings is 1. The molecule has 1 aromatic carbocycles. The Kier molecular flexibility index (Phi) is 5.03. The van der Waals surface area contributed by atoms with Gasteiger partial charge >= 0.3 is 6.09 Å². The van der Waals surface area contributed by atoms with E-state index in [1.807, 2.05) is 6.07 Å². The fourth-order valence-electron chi connectivity index (χ4n) is 2.16. The quantitative estimate of drug-likeness (QED) is 0.937. The van der Waals surface area contributed by atoms with Gasteiger partial charge in [-0.3, -0.25) is 0 Å². The van der Waals surface area contributed by atoms with Crippen molar-refractivity contribution in [3.05, 3.63) is 35.6 Å². The fourth-order valence-corrected chi connectivity index (χ4v) is 2.16. The summed E-state index contributed by atoms with van der Waals surface area (Å²) in [6, 6.07) is 6.62. The third kappa shape index (κ3) is 4.55. The van der Waals surface area contributed by atoms with Crippen LogP contribution in [0.5, 0.6) is 5.88 Å². The van der Waals surface area contributed by atoms with E-state index in [1.54, 1.807) is 32.9 Å². The molecule has 0 radical (unpaired) electrons. The van der Waals surface area contributed by atoms with Gasteiger partial charge in [0.15, 0.2) is 0 Å². The summed E-state index contributed by atoms with van der Waals surface area (Å²) in [7, 11) is 1.51. The highest BCUT2D eigenvalue weighted by Gasteiger charge is 2.16. The van der Waals surface area contributed by atoms with E-state index in [9.17, 15) is 9.18 Å². The molecule has 0 aliphatic carbocycles. The van der Waals surface area contributed by atoms with E-state index in [0.29, 0.717) is 23.4 Å². The van der Waals surface area contributed by atoms with E-state index in [1.165, 1.54) is 13.2 Å². The minimum atomic E-state index is -0.566. The van der Waals surface area contributed by atoms with Gasteiger partial charge in [0.25, 0.3) is 0 Å². The number of carbonyl (C=O) groups excluding carboxylic acids is 1. The van der Waals surface area contributed by atoms with E-state index in [4.69, 9.17) is 9.47 Å². The molecule has 0 atom stereocenters. The summed E-state index contributed by atoms with van der Waals surface area (Å²) in [4.78, 5) is 15.9. The summed E-state index contributed by atoms with van der Waals surface area (Å²) in [5.74, 6) is 0.0636. The summed E-state index contributed by atoms with van der Waals surface area (Å²) in [6.07, 6.45) is -0.216. The lowest BCUT2D eigenvalue weighted by Crippen LogP contribution is -2.33. The van der Waals surface area contributed by atoms with Gasteiger partial charge in [-0.25, -0.2) is 14.2 Å². The number of nitrogens with zero attached hydrogens (tertiary/aromatic N) is 1. The van der Waals surface area contributed by atoms with Gasteiger partial charge in [-0.2, -0.15) is 0 Å². The molecule has 1 amide bonds. The molecule has 0 saturated heterocycles. The monoisotopic (exact) mass is 320 g/mol. The number of fused-ring (bicyclic) bond motifs is 1. The maximum Gasteiger partial charge on any atom is 0.407 e. The zero-order valence-electron chi connectivity index (χ0n) is 13.8. The number of amides is 1. The van der Waals surface area contributed by atoms with Crippen LogP contribution in [-0.2, 0) is 11.2 Å². The number of hydrogen-bond acceptors (Lipinski definition) is 4. The number of carbonyl (C=O) groups is 1. The minimum Gasteiger partial charge on any atom is -0.481 e. The van der Waals surface area contributed by atoms with Crippen molar-refractivity contribution < 1.29 is 18.7 Å². The highest BCUT2D eigenvalue weighted by Crippen LogP contribution is 2.23. The third-order valence-electron chi connectivity index (χ3n) is 3.14. The molecule has 0 unspecified atom stereocenters. The second-order valence-corrected chi connectivity index (χ2v) is 6.13. The lowest BCUT2D eigenvalue weighted by atomic mass is 10.1. The molecule has 0 bridgehead atoms. The molecule has 23 heavy (non-hydrogen) atoms. The molecule has 0 spiro atoms. The van der Waals surface area contributed by atoms with Gasteiger partial charge in [0.05, 0.1) is 12.6 Å². The molecular formula is C17H21FN2O3. The number of hydrogen-bond donors (Lipinski definition) is 1. The van der Waals surface area contributed by atoms with Crippen molar-refractivity contribution in [1.29, 1.82) is 0 Å². The minimum absolute atomic E-state index is 0.254. The van der Waals surface area contributed by atoms with E-state index in [2.05, 4.69) is 10.3 Å². The van der Waals surface area contributed by atoms with E-state index in [-0.39, 0.29) is 12.4 Å². The number of ether oxygens (including phenoxy) is 2. The summed E-state index contributed by atoms with van der Waals surface area (Å²) < 4.78 is 24.4. The summed E-state index contributed by atoms with van der Waals surface area (Å²) >= 11 is 0. The second kappa shape index (κ2) is 6.81. The molecule has 1 N–H and O–H groups in total. The molecule has 1 heterocycles. The molecular weight excluding hydrogens is 299 g/mol. The Balaban J connectivity index is 2.13. The van der Waals surface area contributed by atoms with Crippen LogP contribution in [0, 0.1) is 5.82 Å². The van der Waals surface area contributed by atoms with Gasteiger partial charge in [0.1, 0.15) is 11.4 Å². The molecule has 124 valence electrons. The standard InChI is InChI=1S/C17H21FN2O3/c1-17(2,3)23-16(21)19-10-9-12-13(18)7-5-11-6-8-14(22-4)20-15(11)12/h5-8H,9-10H2,1-4H3,(H,19,21). The van der Waals surface area contributed by atoms with Gasteiger partial charge in [-0.05, 0) is 45.4 Å². The molecule has 0 aliphatic rings. The Labute approximate surface area is 134 Å². The Morgan fingerprint density at radius 1 is 1.26 bits per heavy atom. The van der Waals surface area contributed by atoms with Crippen LogP contribution in [0.25, 0.3) is 10.9 Å². The summed E-state index contributed by atoms with van der Waals surface area (Å²) in [6.45, 7) is 5.61. The second-order valence-electron chi connectivity index (χ2n) is 6.13. The van der Waals surface area contributed by atoms with E-state index < -0.39 is 11.7 Å². The van der Waals surface area contributed by atoms with Crippen LogP contribution in [0.4, 0.5) is 9.18 Å². The van der Waals surface area contributed by atoms with Crippen molar-refractivity contribution in [2.45, 2.75) is 32.8 Å². The fraction of sp³-hybridized carbons (Fsp3) is 0.412. The first kappa shape index (κ1) is 17.0. The molecule has 0 fully saturated rings. The number of methoxy groups -OCH3 is 1. The van der Waals surface area contributed by atoms with Gasteiger partial charge in [0.2, 0.25) is 5.88 Å². The van der Waals surface area contributed by atoms with Crippen LogP contribution in [0.1, 0.15) is 26.3 Å². The van der Waals surface area contributed by atoms with Gasteiger partial charge in [-0.15, -0.1) is 0 Å². The van der Waals surface area contributed by atoms with E-state index in [0.717, 1.165) is 5.39 Å². The van der Waals surface area contributed by atoms with Crippen LogP contribution in [-0.4, -0.2) is 30.3 Å². The zero-order chi connectivity index (χ0) is 17.0. The number of halogens is 1. The first-order valence-corrected chi connectivity index (χ1v) is 7.39. The number of aromatic nitrogens is 1. The van der Waals surface area contributed by atoms with Crippen molar-refractivity contribution in [1.82, 2.24) is 10.3 Å². The molecule has 0 aliphatic heterocycles. The molecule has 2 rings (SSSR count). The topological polar surface area (TPSA) is 60.5 Å². The van der Waals surface area contributed by atoms with Crippen molar-refractivity contribution in [2.75, 3.05) is 13.7 Å². The van der Waals surface area contributed by atoms with E-state index >= 15 is 0 Å². The molecule has 2 aromatic rings. The SMILES string of the molecule is COc1ccc2ccc(F)c(CCNC(=O)OC(C)(C)C)c2n1. The van der Waals surface area contributed by atoms with Crippen LogP contribution in [0.15, 0.2) is 24.3 Å². The van der Waals surface area contributed by atoms with Gasteiger partial charge in [0, 0.05) is 23.6 Å². The Morgan fingerprint density at radius 3 is 2.61 bits per heavy atom. The smallest absolute Gasteiger partial charge is 0.407 e. The summed E-state index contributed by atoms with van der Waals surface area (Å²) in [5.41, 5.74) is 0.414. The van der Waals surface area contributed by atoms with Crippen molar-refractivity contribution >= 4 is 17.0 Å². The number of alkyl carbamates (subject to hydrolysis) is 1. The number of nitrogens with one attached hydrogen (secondary N) is 1. The van der Waals surface area contributed by atoms with Crippen molar-refractivity contribution in [2.24, 2.45) is 0 Å². The first-order valence-electron chi connectivity index (χ1n) is 7.39. The first-order chi connectivity index (χ1) is 10.8. The van der Waals surface area contributed by atoms with Crippen molar-refractivity contribution in [3.8, 4) is 5.88 Å². The highest BCUT2D eigenvalue weighted by molar-refractivity contribution is 5.82. The Hall–Kier alpha value is -2.37. The lowest BCUT2D eigenvalue weighted by Gasteiger charge is -2.19. The predicted octanol–water partition coefficient (Wildman–Crippen LogP) is 3.45. The largest absolute Gasteiger partial charge is 0.481 e. The highest BCUT2D eigenvalue weighted by atomic mass is 19.1. The summed E-state index contributed by atoms with van der Waals surface area (Å²) in [5, 5.41) is 3.44. The van der Waals surface area contributed by atoms with Crippen molar-refractivity contribution in [3.63, 3.8) is 0 Å². The van der Waals surface area contributed by atoms with Crippen LogP contribution in [0.2, 0.25) is 0 Å². The predicted molar refractivity (Wildman–Crippen MR) is 86.2 cm³/mol. The van der Waals surface area contributed by atoms with Crippen LogP contribution >= 0.6 is 0 Å². The number of pyridine rings is 1. The lowest BCUT2D eigenvalue weighted by molar-refractivity contribution is 0.0528. The Bertz CT molecular complexity index is 711. The zero-order valence-corrected chi connectivity index (χ0v) is 13.8. The molecule has 6 heteroatoms. The molecule has 1 aromatic heterocycles. The maximum absolute atomic E-state index is 14.1. The number of rotatable bonds is 4. The average Bonchev–Trinajstić information content (AvgIpc) is 2.47.